The zero-order valence-corrected chi connectivity index (χ0v) is 12.1. The van der Waals surface area contributed by atoms with Crippen molar-refractivity contribution in [2.45, 2.75) is 25.1 Å². The lowest BCUT2D eigenvalue weighted by Crippen LogP contribution is -1.99. The summed E-state index contributed by atoms with van der Waals surface area (Å²) < 4.78 is 18.8. The van der Waals surface area contributed by atoms with Gasteiger partial charge in [-0.25, -0.2) is 4.39 Å². The average Bonchev–Trinajstić information content (AvgIpc) is 2.47. The molecule has 2 rings (SSSR count). The Bertz CT molecular complexity index is 528. The SMILES string of the molecule is Fc1cc(CCl)cc(OCCCCc2ccccc2)c1. The number of halogens is 2. The Balaban J connectivity index is 1.72. The minimum atomic E-state index is -0.303. The van der Waals surface area contributed by atoms with E-state index in [1.54, 1.807) is 6.07 Å². The summed E-state index contributed by atoms with van der Waals surface area (Å²) in [7, 11) is 0. The van der Waals surface area contributed by atoms with E-state index in [1.165, 1.54) is 17.7 Å². The van der Waals surface area contributed by atoms with E-state index in [2.05, 4.69) is 12.1 Å². The van der Waals surface area contributed by atoms with Crippen molar-refractivity contribution >= 4 is 11.6 Å². The Hall–Kier alpha value is -1.54. The molecule has 0 aliphatic carbocycles. The summed E-state index contributed by atoms with van der Waals surface area (Å²) >= 11 is 5.70. The van der Waals surface area contributed by atoms with Crippen LogP contribution in [0.1, 0.15) is 24.0 Å². The predicted octanol–water partition coefficient (Wildman–Crippen LogP) is 4.97. The second-order valence-corrected chi connectivity index (χ2v) is 4.99. The maximum atomic E-state index is 13.3. The highest BCUT2D eigenvalue weighted by molar-refractivity contribution is 6.17. The number of aryl methyl sites for hydroxylation is 1. The number of hydrogen-bond acceptors (Lipinski definition) is 1. The van der Waals surface area contributed by atoms with Crippen molar-refractivity contribution in [2.75, 3.05) is 6.61 Å². The number of ether oxygens (including phenoxy) is 1. The second kappa shape index (κ2) is 7.91. The van der Waals surface area contributed by atoms with Gasteiger partial charge in [0.2, 0.25) is 0 Å². The van der Waals surface area contributed by atoms with Gasteiger partial charge in [0.25, 0.3) is 0 Å². The zero-order chi connectivity index (χ0) is 14.2. The third kappa shape index (κ3) is 4.86. The van der Waals surface area contributed by atoms with Crippen molar-refractivity contribution in [1.29, 1.82) is 0 Å². The van der Waals surface area contributed by atoms with Crippen molar-refractivity contribution in [3.8, 4) is 5.75 Å². The molecule has 2 aromatic carbocycles. The molecule has 0 amide bonds. The molecular formula is C17H18ClFO. The number of rotatable bonds is 7. The summed E-state index contributed by atoms with van der Waals surface area (Å²) in [5.74, 6) is 0.546. The largest absolute Gasteiger partial charge is 0.493 e. The molecule has 0 radical (unpaired) electrons. The van der Waals surface area contributed by atoms with Crippen LogP contribution >= 0.6 is 11.6 Å². The first-order valence-corrected chi connectivity index (χ1v) is 7.33. The molecule has 0 saturated carbocycles. The van der Waals surface area contributed by atoms with Gasteiger partial charge in [0, 0.05) is 11.9 Å². The van der Waals surface area contributed by atoms with Gasteiger partial charge in [-0.15, -0.1) is 11.6 Å². The fraction of sp³-hybridized carbons (Fsp3) is 0.294. The maximum Gasteiger partial charge on any atom is 0.127 e. The van der Waals surface area contributed by atoms with Crippen LogP contribution in [-0.4, -0.2) is 6.61 Å². The molecule has 0 aliphatic heterocycles. The fourth-order valence-corrected chi connectivity index (χ4v) is 2.20. The van der Waals surface area contributed by atoms with Gasteiger partial charge < -0.3 is 4.74 Å². The molecule has 0 spiro atoms. The molecule has 20 heavy (non-hydrogen) atoms. The molecule has 0 saturated heterocycles. The Morgan fingerprint density at radius 2 is 1.75 bits per heavy atom. The summed E-state index contributed by atoms with van der Waals surface area (Å²) in [6.45, 7) is 0.595. The highest BCUT2D eigenvalue weighted by atomic mass is 35.5. The van der Waals surface area contributed by atoms with E-state index < -0.39 is 0 Å². The number of alkyl halides is 1. The lowest BCUT2D eigenvalue weighted by atomic mass is 10.1. The van der Waals surface area contributed by atoms with Crippen molar-refractivity contribution in [1.82, 2.24) is 0 Å². The minimum Gasteiger partial charge on any atom is -0.493 e. The fourth-order valence-electron chi connectivity index (χ4n) is 2.05. The number of hydrogen-bond donors (Lipinski definition) is 0. The van der Waals surface area contributed by atoms with E-state index >= 15 is 0 Å². The molecule has 3 heteroatoms. The van der Waals surface area contributed by atoms with Crippen LogP contribution < -0.4 is 4.74 Å². The first-order chi connectivity index (χ1) is 9.78. The smallest absolute Gasteiger partial charge is 0.127 e. The maximum absolute atomic E-state index is 13.3. The molecule has 0 N–H and O–H groups in total. The van der Waals surface area contributed by atoms with Crippen molar-refractivity contribution in [2.24, 2.45) is 0 Å². The molecule has 2 aromatic rings. The number of benzene rings is 2. The quantitative estimate of drug-likeness (QED) is 0.517. The lowest BCUT2D eigenvalue weighted by Gasteiger charge is -2.08. The summed E-state index contributed by atoms with van der Waals surface area (Å²) in [5.41, 5.74) is 2.08. The van der Waals surface area contributed by atoms with E-state index in [9.17, 15) is 4.39 Å². The third-order valence-electron chi connectivity index (χ3n) is 3.06. The minimum absolute atomic E-state index is 0.294. The average molecular weight is 293 g/mol. The van der Waals surface area contributed by atoms with Crippen LogP contribution in [-0.2, 0) is 12.3 Å². The Kier molecular flexibility index (Phi) is 5.87. The van der Waals surface area contributed by atoms with Crippen LogP contribution in [0.3, 0.4) is 0 Å². The van der Waals surface area contributed by atoms with Gasteiger partial charge in [-0.05, 0) is 42.5 Å². The lowest BCUT2D eigenvalue weighted by molar-refractivity contribution is 0.305. The van der Waals surface area contributed by atoms with Crippen LogP contribution in [0, 0.1) is 5.82 Å². The summed E-state index contributed by atoms with van der Waals surface area (Å²) in [6, 6.07) is 15.0. The summed E-state index contributed by atoms with van der Waals surface area (Å²) in [6.07, 6.45) is 3.05. The van der Waals surface area contributed by atoms with Crippen LogP contribution in [0.25, 0.3) is 0 Å². The highest BCUT2D eigenvalue weighted by Gasteiger charge is 2.01. The molecule has 0 bridgehead atoms. The van der Waals surface area contributed by atoms with Crippen LogP contribution in [0.15, 0.2) is 48.5 Å². The van der Waals surface area contributed by atoms with Gasteiger partial charge in [-0.3, -0.25) is 0 Å². The Morgan fingerprint density at radius 1 is 0.950 bits per heavy atom. The van der Waals surface area contributed by atoms with Crippen LogP contribution in [0.5, 0.6) is 5.75 Å². The van der Waals surface area contributed by atoms with Crippen molar-refractivity contribution < 1.29 is 9.13 Å². The van der Waals surface area contributed by atoms with Gasteiger partial charge >= 0.3 is 0 Å². The van der Waals surface area contributed by atoms with Crippen LogP contribution in [0.4, 0.5) is 4.39 Å². The second-order valence-electron chi connectivity index (χ2n) is 4.72. The van der Waals surface area contributed by atoms with Crippen molar-refractivity contribution in [3.63, 3.8) is 0 Å². The Morgan fingerprint density at radius 3 is 2.50 bits per heavy atom. The van der Waals surface area contributed by atoms with Crippen molar-refractivity contribution in [3.05, 3.63) is 65.5 Å². The van der Waals surface area contributed by atoms with E-state index in [1.807, 2.05) is 18.2 Å². The van der Waals surface area contributed by atoms with E-state index in [4.69, 9.17) is 16.3 Å². The first-order valence-electron chi connectivity index (χ1n) is 6.80. The Labute approximate surface area is 124 Å². The molecule has 0 aromatic heterocycles. The van der Waals surface area contributed by atoms with E-state index in [0.29, 0.717) is 18.2 Å². The van der Waals surface area contributed by atoms with Gasteiger partial charge in [-0.2, -0.15) is 0 Å². The molecule has 106 valence electrons. The number of unbranched alkanes of at least 4 members (excludes halogenated alkanes) is 1. The van der Waals surface area contributed by atoms with Gasteiger partial charge in [0.15, 0.2) is 0 Å². The summed E-state index contributed by atoms with van der Waals surface area (Å²) in [4.78, 5) is 0. The third-order valence-corrected chi connectivity index (χ3v) is 3.37. The first kappa shape index (κ1) is 14.9. The molecule has 0 atom stereocenters. The highest BCUT2D eigenvalue weighted by Crippen LogP contribution is 2.18. The van der Waals surface area contributed by atoms with Gasteiger partial charge in [0.05, 0.1) is 6.61 Å². The van der Waals surface area contributed by atoms with Crippen LogP contribution in [0.2, 0.25) is 0 Å². The standard InChI is InChI=1S/C17H18ClFO/c18-13-15-10-16(19)12-17(11-15)20-9-5-4-8-14-6-2-1-3-7-14/h1-3,6-7,10-12H,4-5,8-9,13H2. The van der Waals surface area contributed by atoms with Gasteiger partial charge in [-0.1, -0.05) is 30.3 Å². The van der Waals surface area contributed by atoms with E-state index in [0.717, 1.165) is 24.8 Å². The molecule has 1 nitrogen and oxygen atoms in total. The summed E-state index contributed by atoms with van der Waals surface area (Å²) in [5, 5.41) is 0. The molecule has 0 aliphatic rings. The molecule has 0 unspecified atom stereocenters. The molecule has 0 heterocycles. The zero-order valence-electron chi connectivity index (χ0n) is 11.3. The molecule has 0 fully saturated rings. The van der Waals surface area contributed by atoms with Gasteiger partial charge in [0.1, 0.15) is 11.6 Å². The predicted molar refractivity (Wildman–Crippen MR) is 80.8 cm³/mol. The van der Waals surface area contributed by atoms with E-state index in [-0.39, 0.29) is 5.82 Å². The topological polar surface area (TPSA) is 9.23 Å². The monoisotopic (exact) mass is 292 g/mol. The molecular weight excluding hydrogens is 275 g/mol. The normalized spacial score (nSPS) is 10.5.